The van der Waals surface area contributed by atoms with Gasteiger partial charge in [0.25, 0.3) is 0 Å². The van der Waals surface area contributed by atoms with Gasteiger partial charge in [-0.25, -0.2) is 4.98 Å². The minimum atomic E-state index is 0.237. The van der Waals surface area contributed by atoms with E-state index in [1.165, 1.54) is 0 Å². The van der Waals surface area contributed by atoms with Crippen molar-refractivity contribution in [1.82, 2.24) is 9.97 Å². The van der Waals surface area contributed by atoms with Crippen molar-refractivity contribution in [3.05, 3.63) is 35.8 Å². The number of aromatic hydroxyl groups is 1. The molecule has 84 valence electrons. The zero-order valence-corrected chi connectivity index (χ0v) is 9.20. The number of imidazole rings is 1. The van der Waals surface area contributed by atoms with E-state index in [0.29, 0.717) is 6.54 Å². The molecule has 0 unspecified atom stereocenters. The Morgan fingerprint density at radius 1 is 1.44 bits per heavy atom. The fraction of sp³-hybridized carbons (Fsp3) is 0.250. The van der Waals surface area contributed by atoms with Crippen LogP contribution in [0.25, 0.3) is 11.3 Å². The molecule has 0 aliphatic heterocycles. The Morgan fingerprint density at radius 3 is 2.88 bits per heavy atom. The summed E-state index contributed by atoms with van der Waals surface area (Å²) in [6.45, 7) is 2.37. The number of nitrogens with two attached hydrogens (primary N) is 1. The molecule has 1 aromatic carbocycles. The number of hydrogen-bond acceptors (Lipinski definition) is 3. The molecule has 2 rings (SSSR count). The maximum absolute atomic E-state index is 9.53. The second-order valence-corrected chi connectivity index (χ2v) is 3.64. The summed E-state index contributed by atoms with van der Waals surface area (Å²) in [5.74, 6) is 1.19. The van der Waals surface area contributed by atoms with Crippen LogP contribution in [0.3, 0.4) is 0 Å². The summed E-state index contributed by atoms with van der Waals surface area (Å²) in [5, 5.41) is 9.53. The summed E-state index contributed by atoms with van der Waals surface area (Å²) in [4.78, 5) is 7.46. The molecule has 0 saturated heterocycles. The Hall–Kier alpha value is -1.81. The standard InChI is InChI=1S/C12H15N3O/c1-2-12-14-7-10(15-12)8-3-4-11(16)9(5-8)6-13/h3-5,7,16H,2,6,13H2,1H3,(H,14,15). The monoisotopic (exact) mass is 217 g/mol. The lowest BCUT2D eigenvalue weighted by atomic mass is 10.1. The van der Waals surface area contributed by atoms with Crippen LogP contribution in [0.5, 0.6) is 5.75 Å². The van der Waals surface area contributed by atoms with E-state index in [1.807, 2.05) is 19.1 Å². The van der Waals surface area contributed by atoms with Gasteiger partial charge in [-0.05, 0) is 18.2 Å². The molecule has 0 saturated carbocycles. The molecule has 4 heteroatoms. The van der Waals surface area contributed by atoms with Crippen molar-refractivity contribution in [2.45, 2.75) is 19.9 Å². The van der Waals surface area contributed by atoms with E-state index in [4.69, 9.17) is 5.73 Å². The molecule has 4 N–H and O–H groups in total. The van der Waals surface area contributed by atoms with Gasteiger partial charge in [0.2, 0.25) is 0 Å². The zero-order valence-electron chi connectivity index (χ0n) is 9.20. The molecule has 0 bridgehead atoms. The fourth-order valence-corrected chi connectivity index (χ4v) is 1.61. The quantitative estimate of drug-likeness (QED) is 0.733. The highest BCUT2D eigenvalue weighted by molar-refractivity contribution is 5.61. The molecule has 0 fully saturated rings. The Bertz CT molecular complexity index is 491. The molecule has 16 heavy (non-hydrogen) atoms. The number of rotatable bonds is 3. The van der Waals surface area contributed by atoms with Gasteiger partial charge < -0.3 is 15.8 Å². The van der Waals surface area contributed by atoms with Crippen molar-refractivity contribution in [2.75, 3.05) is 0 Å². The maximum Gasteiger partial charge on any atom is 0.120 e. The third-order valence-electron chi connectivity index (χ3n) is 2.57. The van der Waals surface area contributed by atoms with Crippen molar-refractivity contribution < 1.29 is 5.11 Å². The third kappa shape index (κ3) is 1.92. The van der Waals surface area contributed by atoms with Gasteiger partial charge >= 0.3 is 0 Å². The number of phenolic OH excluding ortho intramolecular Hbond substituents is 1. The number of aromatic amines is 1. The number of phenols is 1. The van der Waals surface area contributed by atoms with Crippen molar-refractivity contribution >= 4 is 0 Å². The highest BCUT2D eigenvalue weighted by Gasteiger charge is 2.05. The van der Waals surface area contributed by atoms with E-state index < -0.39 is 0 Å². The largest absolute Gasteiger partial charge is 0.508 e. The molecule has 0 atom stereocenters. The van der Waals surface area contributed by atoms with Crippen LogP contribution in [-0.4, -0.2) is 15.1 Å². The first-order valence-corrected chi connectivity index (χ1v) is 5.30. The molecule has 0 aliphatic rings. The van der Waals surface area contributed by atoms with Gasteiger partial charge in [0.05, 0.1) is 11.9 Å². The summed E-state index contributed by atoms with van der Waals surface area (Å²) in [6.07, 6.45) is 2.67. The van der Waals surface area contributed by atoms with Crippen LogP contribution in [0.15, 0.2) is 24.4 Å². The molecule has 1 aromatic heterocycles. The van der Waals surface area contributed by atoms with Crippen LogP contribution in [0, 0.1) is 0 Å². The predicted molar refractivity (Wildman–Crippen MR) is 63.0 cm³/mol. The predicted octanol–water partition coefficient (Wildman–Crippen LogP) is 1.80. The molecular formula is C12H15N3O. The second kappa shape index (κ2) is 4.37. The smallest absolute Gasteiger partial charge is 0.120 e. The third-order valence-corrected chi connectivity index (χ3v) is 2.57. The van der Waals surface area contributed by atoms with E-state index in [1.54, 1.807) is 12.3 Å². The highest BCUT2D eigenvalue weighted by atomic mass is 16.3. The van der Waals surface area contributed by atoms with E-state index in [9.17, 15) is 5.11 Å². The molecule has 1 heterocycles. The number of H-pyrrole nitrogens is 1. The van der Waals surface area contributed by atoms with Crippen LogP contribution < -0.4 is 5.73 Å². The van der Waals surface area contributed by atoms with Crippen LogP contribution in [0.2, 0.25) is 0 Å². The Morgan fingerprint density at radius 2 is 2.25 bits per heavy atom. The zero-order chi connectivity index (χ0) is 11.5. The fourth-order valence-electron chi connectivity index (χ4n) is 1.61. The molecule has 2 aromatic rings. The average molecular weight is 217 g/mol. The van der Waals surface area contributed by atoms with E-state index in [0.717, 1.165) is 29.1 Å². The summed E-state index contributed by atoms with van der Waals surface area (Å²) in [7, 11) is 0. The van der Waals surface area contributed by atoms with Crippen LogP contribution >= 0.6 is 0 Å². The lowest BCUT2D eigenvalue weighted by Crippen LogP contribution is -1.96. The molecule has 4 nitrogen and oxygen atoms in total. The SMILES string of the molecule is CCc1ncc(-c2ccc(O)c(CN)c2)[nH]1. The van der Waals surface area contributed by atoms with Gasteiger partial charge in [-0.3, -0.25) is 0 Å². The number of aromatic nitrogens is 2. The van der Waals surface area contributed by atoms with Crippen molar-refractivity contribution in [3.63, 3.8) is 0 Å². The lowest BCUT2D eigenvalue weighted by Gasteiger charge is -2.04. The Balaban J connectivity index is 2.40. The minimum absolute atomic E-state index is 0.237. The Kier molecular flexibility index (Phi) is 2.92. The van der Waals surface area contributed by atoms with E-state index in [2.05, 4.69) is 9.97 Å². The molecule has 0 aliphatic carbocycles. The minimum Gasteiger partial charge on any atom is -0.508 e. The van der Waals surface area contributed by atoms with Gasteiger partial charge in [0, 0.05) is 24.1 Å². The molecule has 0 radical (unpaired) electrons. The van der Waals surface area contributed by atoms with Gasteiger partial charge in [-0.2, -0.15) is 0 Å². The van der Waals surface area contributed by atoms with Gasteiger partial charge in [-0.15, -0.1) is 0 Å². The average Bonchev–Trinajstić information content (AvgIpc) is 2.78. The summed E-state index contributed by atoms with van der Waals surface area (Å²) in [5.41, 5.74) is 8.23. The molecular weight excluding hydrogens is 202 g/mol. The molecule has 0 amide bonds. The summed E-state index contributed by atoms with van der Waals surface area (Å²) >= 11 is 0. The number of benzene rings is 1. The highest BCUT2D eigenvalue weighted by Crippen LogP contribution is 2.24. The van der Waals surface area contributed by atoms with Crippen LogP contribution in [-0.2, 0) is 13.0 Å². The van der Waals surface area contributed by atoms with E-state index >= 15 is 0 Å². The first kappa shape index (κ1) is 10.7. The molecule has 0 spiro atoms. The first-order valence-electron chi connectivity index (χ1n) is 5.30. The van der Waals surface area contributed by atoms with Gasteiger partial charge in [0.15, 0.2) is 0 Å². The summed E-state index contributed by atoms with van der Waals surface area (Å²) in [6, 6.07) is 5.38. The van der Waals surface area contributed by atoms with Crippen molar-refractivity contribution in [3.8, 4) is 17.0 Å². The summed E-state index contributed by atoms with van der Waals surface area (Å²) < 4.78 is 0. The number of nitrogens with one attached hydrogen (secondary N) is 1. The Labute approximate surface area is 94.1 Å². The van der Waals surface area contributed by atoms with E-state index in [-0.39, 0.29) is 5.75 Å². The number of aryl methyl sites for hydroxylation is 1. The normalized spacial score (nSPS) is 10.6. The lowest BCUT2D eigenvalue weighted by molar-refractivity contribution is 0.468. The first-order chi connectivity index (χ1) is 7.74. The maximum atomic E-state index is 9.53. The van der Waals surface area contributed by atoms with Crippen molar-refractivity contribution in [2.24, 2.45) is 5.73 Å². The van der Waals surface area contributed by atoms with Gasteiger partial charge in [0.1, 0.15) is 11.6 Å². The number of nitrogens with zero attached hydrogens (tertiary/aromatic N) is 1. The van der Waals surface area contributed by atoms with Crippen LogP contribution in [0.4, 0.5) is 0 Å². The van der Waals surface area contributed by atoms with Gasteiger partial charge in [-0.1, -0.05) is 6.92 Å². The van der Waals surface area contributed by atoms with Crippen LogP contribution in [0.1, 0.15) is 18.3 Å². The topological polar surface area (TPSA) is 74.9 Å². The van der Waals surface area contributed by atoms with Crippen molar-refractivity contribution in [1.29, 1.82) is 0 Å². The second-order valence-electron chi connectivity index (χ2n) is 3.64. The number of hydrogen-bond donors (Lipinski definition) is 3.